The molecule has 0 aromatic carbocycles. The predicted octanol–water partition coefficient (Wildman–Crippen LogP) is 0.508. The molecule has 0 spiro atoms. The normalized spacial score (nSPS) is 11.9. The molecule has 5 heteroatoms. The molecule has 0 aromatic heterocycles. The number of aliphatic hydroxyl groups is 1. The fraction of sp³-hybridized carbons (Fsp3) is 0.667. The Kier molecular flexibility index (Phi) is 9.77. The molecule has 0 fully saturated rings. The predicted molar refractivity (Wildman–Crippen MR) is 41.7 cm³/mol. The number of carbonyl (C=O) groups is 1. The van der Waals surface area contributed by atoms with Crippen molar-refractivity contribution in [1.29, 1.82) is 0 Å². The van der Waals surface area contributed by atoms with E-state index in [2.05, 4.69) is 31.9 Å². The maximum atomic E-state index is 10.1. The van der Waals surface area contributed by atoms with Crippen molar-refractivity contribution in [2.45, 2.75) is 4.83 Å². The zero-order chi connectivity index (χ0) is 5.86. The Balaban J connectivity index is -0.0000000600. The number of hydrogen-bond donors (Lipinski definition) is 1. The first-order valence-corrected chi connectivity index (χ1v) is 3.33. The number of carbonyl (C=O) groups excluding carboxylic acids is 1. The Morgan fingerprint density at radius 2 is 2.25 bits per heavy atom. The molecule has 0 heterocycles. The minimum Gasteiger partial charge on any atom is -1.00 e. The molecule has 0 aliphatic carbocycles. The minimum atomic E-state index is -0.451. The molecule has 1 unspecified atom stereocenters. The zero-order valence-electron chi connectivity index (χ0n) is 6.10. The van der Waals surface area contributed by atoms with Gasteiger partial charge in [-0.1, -0.05) is 15.9 Å². The molecule has 0 radical (unpaired) electrons. The van der Waals surface area contributed by atoms with Crippen LogP contribution in [0.5, 0.6) is 0 Å². The van der Waals surface area contributed by atoms with Crippen LogP contribution in [-0.2, 0) is 4.79 Å². The molecule has 8 heavy (non-hydrogen) atoms. The average Bonchev–Trinajstić information content (AvgIpc) is 1.65. The second-order valence-electron chi connectivity index (χ2n) is 0.954. The van der Waals surface area contributed by atoms with Crippen molar-refractivity contribution in [2.75, 3.05) is 6.61 Å². The van der Waals surface area contributed by atoms with Crippen LogP contribution < -0.4 is 0 Å². The van der Waals surface area contributed by atoms with Crippen LogP contribution in [0.25, 0.3) is 0 Å². The van der Waals surface area contributed by atoms with Crippen molar-refractivity contribution in [3.8, 4) is 0 Å². The SMILES string of the molecule is O=C(Br)C(Br)CO.[H-].[H-].[Mg+2]. The molecular weight excluding hydrogens is 252 g/mol. The number of alkyl halides is 1. The molecule has 0 amide bonds. The van der Waals surface area contributed by atoms with E-state index in [4.69, 9.17) is 5.11 Å². The molecule has 1 N–H and O–H groups in total. The van der Waals surface area contributed by atoms with Gasteiger partial charge in [-0.15, -0.1) is 0 Å². The summed E-state index contributed by atoms with van der Waals surface area (Å²) in [6.07, 6.45) is 0. The molecule has 46 valence electrons. The second kappa shape index (κ2) is 6.48. The molecule has 0 aliphatic heterocycles. The Morgan fingerprint density at radius 1 is 1.88 bits per heavy atom. The van der Waals surface area contributed by atoms with Gasteiger partial charge >= 0.3 is 23.1 Å². The van der Waals surface area contributed by atoms with Crippen LogP contribution in [0.2, 0.25) is 0 Å². The fourth-order valence-corrected chi connectivity index (χ4v) is 0.217. The molecule has 0 aliphatic rings. The van der Waals surface area contributed by atoms with Crippen molar-refractivity contribution in [2.24, 2.45) is 0 Å². The summed E-state index contributed by atoms with van der Waals surface area (Å²) in [7, 11) is 0. The molecule has 0 rings (SSSR count). The van der Waals surface area contributed by atoms with Crippen LogP contribution >= 0.6 is 31.9 Å². The van der Waals surface area contributed by atoms with Crippen molar-refractivity contribution in [3.05, 3.63) is 0 Å². The molecular formula is C3H6Br2MgO2. The van der Waals surface area contributed by atoms with Gasteiger partial charge in [-0.3, -0.25) is 4.79 Å². The van der Waals surface area contributed by atoms with Crippen molar-refractivity contribution < 1.29 is 12.8 Å². The smallest absolute Gasteiger partial charge is 1.00 e. The van der Waals surface area contributed by atoms with Crippen LogP contribution in [0.15, 0.2) is 0 Å². The minimum absolute atomic E-state index is 0. The maximum absolute atomic E-state index is 10.1. The van der Waals surface area contributed by atoms with Gasteiger partial charge in [0.15, 0.2) is 0 Å². The van der Waals surface area contributed by atoms with E-state index in [0.717, 1.165) is 0 Å². The summed E-state index contributed by atoms with van der Waals surface area (Å²) in [5, 5.41) is 8.21. The Morgan fingerprint density at radius 3 is 2.25 bits per heavy atom. The summed E-state index contributed by atoms with van der Waals surface area (Å²) in [5.41, 5.74) is 0. The van der Waals surface area contributed by atoms with Crippen LogP contribution in [-0.4, -0.2) is 44.3 Å². The molecule has 0 bridgehead atoms. The van der Waals surface area contributed by atoms with E-state index >= 15 is 0 Å². The van der Waals surface area contributed by atoms with Gasteiger partial charge in [0.2, 0.25) is 4.69 Å². The summed E-state index contributed by atoms with van der Waals surface area (Å²) in [6.45, 7) is -0.163. The average molecular weight is 258 g/mol. The molecule has 1 atom stereocenters. The zero-order valence-corrected chi connectivity index (χ0v) is 8.69. The largest absolute Gasteiger partial charge is 2.00 e. The van der Waals surface area contributed by atoms with Crippen LogP contribution in [0.4, 0.5) is 0 Å². The summed E-state index contributed by atoms with van der Waals surface area (Å²) < 4.78 is -0.227. The summed E-state index contributed by atoms with van der Waals surface area (Å²) in [6, 6.07) is 0. The van der Waals surface area contributed by atoms with Crippen molar-refractivity contribution >= 4 is 59.6 Å². The van der Waals surface area contributed by atoms with Gasteiger partial charge < -0.3 is 7.96 Å². The van der Waals surface area contributed by atoms with Crippen LogP contribution in [0.1, 0.15) is 2.85 Å². The number of rotatable bonds is 2. The van der Waals surface area contributed by atoms with Gasteiger partial charge in [0.05, 0.1) is 6.61 Å². The maximum Gasteiger partial charge on any atom is 2.00 e. The summed E-state index contributed by atoms with van der Waals surface area (Å²) >= 11 is 5.55. The topological polar surface area (TPSA) is 37.3 Å². The Hall–Kier alpha value is 1.36. The van der Waals surface area contributed by atoms with E-state index in [-0.39, 0.29) is 37.2 Å². The summed E-state index contributed by atoms with van der Waals surface area (Å²) in [5.74, 6) is 0. The third-order valence-corrected chi connectivity index (χ3v) is 2.28. The standard InChI is InChI=1S/C3H4Br2O2.Mg.2H/c4-2(1-6)3(5)7;;;/h2,6H,1H2;;;/q;+2;2*-1. The third-order valence-electron chi connectivity index (χ3n) is 0.407. The van der Waals surface area contributed by atoms with Gasteiger partial charge in [-0.05, 0) is 15.9 Å². The van der Waals surface area contributed by atoms with Gasteiger partial charge in [0.1, 0.15) is 4.83 Å². The first kappa shape index (κ1) is 12.1. The first-order valence-electron chi connectivity index (χ1n) is 1.62. The molecule has 0 aromatic rings. The van der Waals surface area contributed by atoms with Crippen LogP contribution in [0, 0.1) is 0 Å². The Bertz CT molecular complexity index is 84.9. The van der Waals surface area contributed by atoms with Gasteiger partial charge in [-0.25, -0.2) is 0 Å². The van der Waals surface area contributed by atoms with Gasteiger partial charge in [-0.2, -0.15) is 0 Å². The number of halogens is 2. The van der Waals surface area contributed by atoms with Crippen molar-refractivity contribution in [3.63, 3.8) is 0 Å². The van der Waals surface area contributed by atoms with Gasteiger partial charge in [0, 0.05) is 0 Å². The van der Waals surface area contributed by atoms with E-state index in [9.17, 15) is 4.79 Å². The second-order valence-corrected chi connectivity index (χ2v) is 2.84. The van der Waals surface area contributed by atoms with E-state index in [1.54, 1.807) is 0 Å². The number of aliphatic hydroxyl groups excluding tert-OH is 1. The fourth-order valence-electron chi connectivity index (χ4n) is 0.0718. The Labute approximate surface area is 83.4 Å². The molecule has 0 saturated heterocycles. The van der Waals surface area contributed by atoms with E-state index < -0.39 is 4.83 Å². The monoisotopic (exact) mass is 256 g/mol. The molecule has 2 nitrogen and oxygen atoms in total. The molecule has 0 saturated carbocycles. The van der Waals surface area contributed by atoms with E-state index in [1.807, 2.05) is 0 Å². The van der Waals surface area contributed by atoms with Crippen LogP contribution in [0.3, 0.4) is 0 Å². The van der Waals surface area contributed by atoms with Crippen molar-refractivity contribution in [1.82, 2.24) is 0 Å². The first-order chi connectivity index (χ1) is 3.18. The number of hydrogen-bond acceptors (Lipinski definition) is 2. The third kappa shape index (κ3) is 5.49. The van der Waals surface area contributed by atoms with Gasteiger partial charge in [0.25, 0.3) is 0 Å². The quantitative estimate of drug-likeness (QED) is 0.445. The van der Waals surface area contributed by atoms with E-state index in [1.165, 1.54) is 0 Å². The van der Waals surface area contributed by atoms with E-state index in [0.29, 0.717) is 0 Å². The summed E-state index contributed by atoms with van der Waals surface area (Å²) in [4.78, 5) is 9.63.